The van der Waals surface area contributed by atoms with Crippen molar-refractivity contribution in [3.05, 3.63) is 11.1 Å². The van der Waals surface area contributed by atoms with Gasteiger partial charge in [0.1, 0.15) is 5.41 Å². The molecule has 0 atom stereocenters. The van der Waals surface area contributed by atoms with Crippen molar-refractivity contribution in [1.29, 1.82) is 0 Å². The van der Waals surface area contributed by atoms with Crippen LogP contribution in [0.3, 0.4) is 0 Å². The zero-order valence-electron chi connectivity index (χ0n) is 10.6. The molecule has 0 spiro atoms. The van der Waals surface area contributed by atoms with E-state index in [-0.39, 0.29) is 0 Å². The van der Waals surface area contributed by atoms with Gasteiger partial charge in [0.15, 0.2) is 5.13 Å². The molecule has 0 bridgehead atoms. The van der Waals surface area contributed by atoms with Crippen LogP contribution in [-0.4, -0.2) is 22.6 Å². The first-order chi connectivity index (χ1) is 7.98. The Labute approximate surface area is 106 Å². The molecule has 4 nitrogen and oxygen atoms in total. The molecule has 5 heteroatoms. The summed E-state index contributed by atoms with van der Waals surface area (Å²) in [4.78, 5) is 15.4. The maximum Gasteiger partial charge on any atom is 0.315 e. The van der Waals surface area contributed by atoms with E-state index in [1.807, 2.05) is 5.38 Å². The number of carbonyl (C=O) groups is 1. The third-order valence-electron chi connectivity index (χ3n) is 2.74. The maximum absolute atomic E-state index is 11.1. The first kappa shape index (κ1) is 14.0. The number of hydrogen-bond acceptors (Lipinski definition) is 4. The highest BCUT2D eigenvalue weighted by Crippen LogP contribution is 2.27. The van der Waals surface area contributed by atoms with Gasteiger partial charge < -0.3 is 10.4 Å². The van der Waals surface area contributed by atoms with Crippen LogP contribution in [0.25, 0.3) is 0 Å². The van der Waals surface area contributed by atoms with Crippen molar-refractivity contribution >= 4 is 22.4 Å². The minimum absolute atomic E-state index is 0.619. The number of thiazole rings is 1. The SMILES string of the molecule is CCCCCNc1nc(C(C)(C)C(=O)O)cs1. The molecule has 17 heavy (non-hydrogen) atoms. The van der Waals surface area contributed by atoms with Gasteiger partial charge in [0.25, 0.3) is 0 Å². The van der Waals surface area contributed by atoms with Gasteiger partial charge >= 0.3 is 5.97 Å². The van der Waals surface area contributed by atoms with Crippen molar-refractivity contribution in [2.75, 3.05) is 11.9 Å². The number of carboxylic acid groups (broad SMARTS) is 1. The summed E-state index contributed by atoms with van der Waals surface area (Å²) < 4.78 is 0. The Morgan fingerprint density at radius 3 is 2.82 bits per heavy atom. The van der Waals surface area contributed by atoms with Crippen LogP contribution in [0.4, 0.5) is 5.13 Å². The van der Waals surface area contributed by atoms with Crippen molar-refractivity contribution in [2.24, 2.45) is 0 Å². The number of anilines is 1. The van der Waals surface area contributed by atoms with Gasteiger partial charge in [0.05, 0.1) is 5.69 Å². The van der Waals surface area contributed by atoms with E-state index in [1.165, 1.54) is 24.2 Å². The number of nitrogens with zero attached hydrogens (tertiary/aromatic N) is 1. The zero-order valence-corrected chi connectivity index (χ0v) is 11.4. The molecule has 0 aliphatic carbocycles. The fourth-order valence-corrected chi connectivity index (χ4v) is 2.23. The highest BCUT2D eigenvalue weighted by atomic mass is 32.1. The summed E-state index contributed by atoms with van der Waals surface area (Å²) in [6.07, 6.45) is 3.51. The van der Waals surface area contributed by atoms with E-state index in [9.17, 15) is 4.79 Å². The lowest BCUT2D eigenvalue weighted by atomic mass is 9.90. The molecule has 0 fully saturated rings. The van der Waals surface area contributed by atoms with Crippen molar-refractivity contribution in [3.63, 3.8) is 0 Å². The number of aromatic nitrogens is 1. The van der Waals surface area contributed by atoms with Gasteiger partial charge in [-0.15, -0.1) is 11.3 Å². The Kier molecular flexibility index (Phi) is 4.93. The second-order valence-electron chi connectivity index (χ2n) is 4.60. The van der Waals surface area contributed by atoms with Crippen molar-refractivity contribution in [1.82, 2.24) is 4.98 Å². The molecule has 1 aromatic heterocycles. The summed E-state index contributed by atoms with van der Waals surface area (Å²) in [6, 6.07) is 0. The Balaban J connectivity index is 2.56. The smallest absolute Gasteiger partial charge is 0.315 e. The molecule has 0 aliphatic heterocycles. The molecule has 1 rings (SSSR count). The monoisotopic (exact) mass is 256 g/mol. The van der Waals surface area contributed by atoms with Crippen LogP contribution < -0.4 is 5.32 Å². The fraction of sp³-hybridized carbons (Fsp3) is 0.667. The Bertz CT molecular complexity index is 374. The molecular weight excluding hydrogens is 236 g/mol. The van der Waals surface area contributed by atoms with Crippen LogP contribution in [0, 0.1) is 0 Å². The Hall–Kier alpha value is -1.10. The highest BCUT2D eigenvalue weighted by Gasteiger charge is 2.32. The highest BCUT2D eigenvalue weighted by molar-refractivity contribution is 7.13. The summed E-state index contributed by atoms with van der Waals surface area (Å²) in [6.45, 7) is 6.40. The first-order valence-corrected chi connectivity index (χ1v) is 6.79. The van der Waals surface area contributed by atoms with Gasteiger partial charge in [-0.25, -0.2) is 4.98 Å². The van der Waals surface area contributed by atoms with E-state index in [0.29, 0.717) is 5.69 Å². The van der Waals surface area contributed by atoms with Gasteiger partial charge in [0.2, 0.25) is 0 Å². The lowest BCUT2D eigenvalue weighted by molar-refractivity contribution is -0.142. The quantitative estimate of drug-likeness (QED) is 0.736. The molecular formula is C12H20N2O2S. The van der Waals surface area contributed by atoms with E-state index >= 15 is 0 Å². The summed E-state index contributed by atoms with van der Waals surface area (Å²) >= 11 is 1.47. The topological polar surface area (TPSA) is 62.2 Å². The Morgan fingerprint density at radius 1 is 1.53 bits per heavy atom. The third kappa shape index (κ3) is 3.70. The van der Waals surface area contributed by atoms with Crippen LogP contribution >= 0.6 is 11.3 Å². The molecule has 1 heterocycles. The molecule has 1 aromatic rings. The number of rotatable bonds is 7. The average Bonchev–Trinajstić information content (AvgIpc) is 2.73. The lowest BCUT2D eigenvalue weighted by Crippen LogP contribution is -2.28. The molecule has 0 saturated heterocycles. The normalized spacial score (nSPS) is 11.5. The molecule has 0 radical (unpaired) electrons. The molecule has 0 aromatic carbocycles. The fourth-order valence-electron chi connectivity index (χ4n) is 1.32. The summed E-state index contributed by atoms with van der Waals surface area (Å²) in [7, 11) is 0. The molecule has 0 saturated carbocycles. The summed E-state index contributed by atoms with van der Waals surface area (Å²) in [5.41, 5.74) is -0.298. The first-order valence-electron chi connectivity index (χ1n) is 5.91. The summed E-state index contributed by atoms with van der Waals surface area (Å²) in [5, 5.41) is 14.9. The molecule has 0 aliphatic rings. The van der Waals surface area contributed by atoms with Crippen LogP contribution in [-0.2, 0) is 10.2 Å². The zero-order chi connectivity index (χ0) is 12.9. The van der Waals surface area contributed by atoms with E-state index < -0.39 is 11.4 Å². The van der Waals surface area contributed by atoms with Gasteiger partial charge in [0, 0.05) is 11.9 Å². The Morgan fingerprint density at radius 2 is 2.24 bits per heavy atom. The molecule has 96 valence electrons. The molecule has 0 amide bonds. The minimum Gasteiger partial charge on any atom is -0.481 e. The van der Waals surface area contributed by atoms with Crippen LogP contribution in [0.15, 0.2) is 5.38 Å². The second kappa shape index (κ2) is 6.00. The van der Waals surface area contributed by atoms with Gasteiger partial charge in [-0.2, -0.15) is 0 Å². The van der Waals surface area contributed by atoms with E-state index in [4.69, 9.17) is 5.11 Å². The van der Waals surface area contributed by atoms with Crippen molar-refractivity contribution in [3.8, 4) is 0 Å². The maximum atomic E-state index is 11.1. The van der Waals surface area contributed by atoms with Crippen LogP contribution in [0.2, 0.25) is 0 Å². The number of nitrogens with one attached hydrogen (secondary N) is 1. The molecule has 2 N–H and O–H groups in total. The van der Waals surface area contributed by atoms with E-state index in [1.54, 1.807) is 13.8 Å². The lowest BCUT2D eigenvalue weighted by Gasteiger charge is -2.15. The van der Waals surface area contributed by atoms with Crippen molar-refractivity contribution < 1.29 is 9.90 Å². The standard InChI is InChI=1S/C12H20N2O2S/c1-4-5-6-7-13-11-14-9(8-17-11)12(2,3)10(15)16/h8H,4-7H2,1-3H3,(H,13,14)(H,15,16). The largest absolute Gasteiger partial charge is 0.481 e. The minimum atomic E-state index is -0.917. The predicted molar refractivity (Wildman–Crippen MR) is 70.8 cm³/mol. The second-order valence-corrected chi connectivity index (χ2v) is 5.46. The number of unbranched alkanes of at least 4 members (excludes halogenated alkanes) is 2. The molecule has 0 unspecified atom stereocenters. The van der Waals surface area contributed by atoms with E-state index in [2.05, 4.69) is 17.2 Å². The number of aliphatic carboxylic acids is 1. The summed E-state index contributed by atoms with van der Waals surface area (Å²) in [5.74, 6) is -0.847. The van der Waals surface area contributed by atoms with Crippen molar-refractivity contribution in [2.45, 2.75) is 45.4 Å². The third-order valence-corrected chi connectivity index (χ3v) is 3.54. The number of hydrogen-bond donors (Lipinski definition) is 2. The van der Waals surface area contributed by atoms with Gasteiger partial charge in [-0.1, -0.05) is 19.8 Å². The average molecular weight is 256 g/mol. The predicted octanol–water partition coefficient (Wildman–Crippen LogP) is 3.11. The van der Waals surface area contributed by atoms with Gasteiger partial charge in [-0.05, 0) is 20.3 Å². The van der Waals surface area contributed by atoms with Crippen LogP contribution in [0.1, 0.15) is 45.7 Å². The van der Waals surface area contributed by atoms with E-state index in [0.717, 1.165) is 18.1 Å². The number of carboxylic acids is 1. The van der Waals surface area contributed by atoms with Crippen LogP contribution in [0.5, 0.6) is 0 Å². The van der Waals surface area contributed by atoms with Gasteiger partial charge in [-0.3, -0.25) is 4.79 Å².